The fourth-order valence-electron chi connectivity index (χ4n) is 0.922. The fourth-order valence-corrected chi connectivity index (χ4v) is 0.922. The molecule has 72 valence electrons. The van der Waals surface area contributed by atoms with Crippen LogP contribution in [0.5, 0.6) is 0 Å². The van der Waals surface area contributed by atoms with Crippen LogP contribution in [0.25, 0.3) is 0 Å². The van der Waals surface area contributed by atoms with Crippen molar-refractivity contribution in [2.45, 2.75) is 0 Å². The van der Waals surface area contributed by atoms with Crippen molar-refractivity contribution in [1.29, 1.82) is 0 Å². The number of benzene rings is 1. The molecule has 0 aliphatic heterocycles. The number of rotatable bonds is 4. The monoisotopic (exact) mass is 192 g/mol. The van der Waals surface area contributed by atoms with Crippen LogP contribution >= 0.6 is 0 Å². The van der Waals surface area contributed by atoms with Gasteiger partial charge in [0.2, 0.25) is 0 Å². The van der Waals surface area contributed by atoms with E-state index in [2.05, 4.69) is 5.92 Å². The van der Waals surface area contributed by atoms with Gasteiger partial charge in [0.05, 0.1) is 0 Å². The Morgan fingerprint density at radius 3 is 2.64 bits per heavy atom. The quantitative estimate of drug-likeness (QED) is 0.412. The van der Waals surface area contributed by atoms with E-state index in [1.807, 2.05) is 0 Å². The number of carbonyl (C=O) groups excluding carboxylic acids is 1. The molecule has 0 radical (unpaired) electrons. The lowest BCUT2D eigenvalue weighted by Crippen LogP contribution is -2.09. The van der Waals surface area contributed by atoms with Crippen LogP contribution in [0.1, 0.15) is 10.4 Å². The highest BCUT2D eigenvalue weighted by Gasteiger charge is 2.04. The van der Waals surface area contributed by atoms with Gasteiger partial charge in [-0.2, -0.15) is 0 Å². The zero-order chi connectivity index (χ0) is 10.4. The number of halogens is 1. The molecule has 0 saturated carbocycles. The summed E-state index contributed by atoms with van der Waals surface area (Å²) in [5.74, 6) is 1.67. The van der Waals surface area contributed by atoms with Gasteiger partial charge in [-0.3, -0.25) is 4.79 Å². The Hall–Kier alpha value is -1.66. The van der Waals surface area contributed by atoms with Gasteiger partial charge in [0.1, 0.15) is 19.0 Å². The molecular formula is C11H9FO2. The molecule has 1 aromatic carbocycles. The van der Waals surface area contributed by atoms with Crippen LogP contribution in [0.3, 0.4) is 0 Å². The van der Waals surface area contributed by atoms with E-state index in [4.69, 9.17) is 11.2 Å². The molecule has 3 heteroatoms. The van der Waals surface area contributed by atoms with Gasteiger partial charge in [-0.15, -0.1) is 6.42 Å². The molecule has 0 N–H and O–H groups in total. The van der Waals surface area contributed by atoms with Gasteiger partial charge in [-0.1, -0.05) is 5.92 Å². The summed E-state index contributed by atoms with van der Waals surface area (Å²) in [6.45, 7) is 0.0305. The Labute approximate surface area is 81.7 Å². The van der Waals surface area contributed by atoms with E-state index in [0.717, 1.165) is 0 Å². The molecule has 2 nitrogen and oxygen atoms in total. The molecule has 0 heterocycles. The highest BCUT2D eigenvalue weighted by atomic mass is 19.1. The minimum absolute atomic E-state index is 0.0736. The van der Waals surface area contributed by atoms with Crippen molar-refractivity contribution >= 4 is 5.78 Å². The van der Waals surface area contributed by atoms with Crippen LogP contribution in [-0.4, -0.2) is 19.0 Å². The second-order valence-electron chi connectivity index (χ2n) is 2.63. The highest BCUT2D eigenvalue weighted by Crippen LogP contribution is 2.03. The summed E-state index contributed by atoms with van der Waals surface area (Å²) in [4.78, 5) is 11.3. The first-order valence-corrected chi connectivity index (χ1v) is 4.04. The third-order valence-electron chi connectivity index (χ3n) is 1.58. The molecule has 1 aromatic rings. The molecule has 0 aromatic heterocycles. The van der Waals surface area contributed by atoms with Crippen molar-refractivity contribution in [3.05, 3.63) is 35.6 Å². The summed E-state index contributed by atoms with van der Waals surface area (Å²) >= 11 is 0. The van der Waals surface area contributed by atoms with Gasteiger partial charge >= 0.3 is 0 Å². The molecule has 0 saturated heterocycles. The molecule has 0 fully saturated rings. The fraction of sp³-hybridized carbons (Fsp3) is 0.182. The van der Waals surface area contributed by atoms with Crippen LogP contribution < -0.4 is 0 Å². The van der Waals surface area contributed by atoms with E-state index in [-0.39, 0.29) is 24.8 Å². The number of ether oxygens (including phenoxy) is 1. The zero-order valence-corrected chi connectivity index (χ0v) is 7.50. The van der Waals surface area contributed by atoms with Crippen molar-refractivity contribution in [3.8, 4) is 12.3 Å². The summed E-state index contributed by atoms with van der Waals surface area (Å²) in [6, 6.07) is 5.29. The number of ketones is 1. The summed E-state index contributed by atoms with van der Waals surface area (Å²) < 4.78 is 17.3. The first-order valence-electron chi connectivity index (χ1n) is 4.04. The van der Waals surface area contributed by atoms with Crippen LogP contribution in [0.2, 0.25) is 0 Å². The topological polar surface area (TPSA) is 26.3 Å². The lowest BCUT2D eigenvalue weighted by atomic mass is 10.1. The maximum absolute atomic E-state index is 12.5. The molecular weight excluding hydrogens is 183 g/mol. The minimum atomic E-state index is -0.369. The standard InChI is InChI=1S/C11H9FO2/c1-2-7-14-8-11(13)9-3-5-10(12)6-4-9/h1,3-6H,7-8H2. The molecule has 0 amide bonds. The van der Waals surface area contributed by atoms with E-state index in [0.29, 0.717) is 5.56 Å². The minimum Gasteiger partial charge on any atom is -0.361 e. The summed E-state index contributed by atoms with van der Waals surface area (Å²) in [6.07, 6.45) is 4.94. The van der Waals surface area contributed by atoms with Crippen LogP contribution in [0.15, 0.2) is 24.3 Å². The Kier molecular flexibility index (Phi) is 3.84. The first-order chi connectivity index (χ1) is 6.74. The molecule has 0 spiro atoms. The van der Waals surface area contributed by atoms with Gasteiger partial charge in [0.15, 0.2) is 5.78 Å². The largest absolute Gasteiger partial charge is 0.361 e. The van der Waals surface area contributed by atoms with E-state index < -0.39 is 0 Å². The SMILES string of the molecule is C#CCOCC(=O)c1ccc(F)cc1. The average Bonchev–Trinajstić information content (AvgIpc) is 2.19. The third-order valence-corrected chi connectivity index (χ3v) is 1.58. The van der Waals surface area contributed by atoms with Crippen LogP contribution in [0, 0.1) is 18.2 Å². The van der Waals surface area contributed by atoms with Crippen molar-refractivity contribution in [2.24, 2.45) is 0 Å². The van der Waals surface area contributed by atoms with Gasteiger partial charge in [0, 0.05) is 5.56 Å². The Morgan fingerprint density at radius 1 is 1.43 bits per heavy atom. The average molecular weight is 192 g/mol. The smallest absolute Gasteiger partial charge is 0.188 e. The van der Waals surface area contributed by atoms with Crippen molar-refractivity contribution in [2.75, 3.05) is 13.2 Å². The predicted molar refractivity (Wildman–Crippen MR) is 50.4 cm³/mol. The van der Waals surface area contributed by atoms with Crippen molar-refractivity contribution in [3.63, 3.8) is 0 Å². The first kappa shape index (κ1) is 10.4. The van der Waals surface area contributed by atoms with Crippen molar-refractivity contribution in [1.82, 2.24) is 0 Å². The summed E-state index contributed by atoms with van der Waals surface area (Å²) in [7, 11) is 0. The Bertz CT molecular complexity index is 349. The number of Topliss-reactive ketones (excluding diaryl/α,β-unsaturated/α-hetero) is 1. The van der Waals surface area contributed by atoms with Gasteiger partial charge < -0.3 is 4.74 Å². The summed E-state index contributed by atoms with van der Waals surface area (Å²) in [5.41, 5.74) is 0.420. The molecule has 14 heavy (non-hydrogen) atoms. The second-order valence-corrected chi connectivity index (χ2v) is 2.63. The molecule has 1 rings (SSSR count). The molecule has 0 unspecified atom stereocenters. The molecule has 0 aliphatic carbocycles. The van der Waals surface area contributed by atoms with Gasteiger partial charge in [0.25, 0.3) is 0 Å². The lowest BCUT2D eigenvalue weighted by Gasteiger charge is -1.99. The predicted octanol–water partition coefficient (Wildman–Crippen LogP) is 1.66. The maximum Gasteiger partial charge on any atom is 0.188 e. The van der Waals surface area contributed by atoms with E-state index in [1.165, 1.54) is 24.3 Å². The van der Waals surface area contributed by atoms with Crippen LogP contribution in [-0.2, 0) is 4.74 Å². The maximum atomic E-state index is 12.5. The molecule has 0 atom stereocenters. The van der Waals surface area contributed by atoms with E-state index in [9.17, 15) is 9.18 Å². The van der Waals surface area contributed by atoms with Crippen molar-refractivity contribution < 1.29 is 13.9 Å². The van der Waals surface area contributed by atoms with Gasteiger partial charge in [-0.05, 0) is 24.3 Å². The van der Waals surface area contributed by atoms with Gasteiger partial charge in [-0.25, -0.2) is 4.39 Å². The zero-order valence-electron chi connectivity index (χ0n) is 7.50. The normalized spacial score (nSPS) is 9.43. The lowest BCUT2D eigenvalue weighted by molar-refractivity contribution is 0.0812. The Balaban J connectivity index is 2.53. The molecule has 0 bridgehead atoms. The number of terminal acetylenes is 1. The second kappa shape index (κ2) is 5.15. The number of hydrogen-bond acceptors (Lipinski definition) is 2. The van der Waals surface area contributed by atoms with Crippen LogP contribution in [0.4, 0.5) is 4.39 Å². The van der Waals surface area contributed by atoms with E-state index >= 15 is 0 Å². The van der Waals surface area contributed by atoms with E-state index in [1.54, 1.807) is 0 Å². The Morgan fingerprint density at radius 2 is 2.07 bits per heavy atom. The number of carbonyl (C=O) groups is 1. The summed E-state index contributed by atoms with van der Waals surface area (Å²) in [5, 5.41) is 0. The third kappa shape index (κ3) is 3.00. The molecule has 0 aliphatic rings. The number of hydrogen-bond donors (Lipinski definition) is 0. The highest BCUT2D eigenvalue weighted by molar-refractivity contribution is 5.97.